The SMILES string of the molecule is C[C@H]1CC[C@H](C)N(C(=O)c2cc3n(n2)[C@H](C(F)(F)F)C[C@H](c2ccccc2)N3)C1. The van der Waals surface area contributed by atoms with Gasteiger partial charge in [0.05, 0.1) is 6.04 Å². The number of nitrogens with one attached hydrogen (secondary N) is 1. The topological polar surface area (TPSA) is 50.2 Å². The molecule has 1 N–H and O–H groups in total. The molecule has 2 aliphatic heterocycles. The summed E-state index contributed by atoms with van der Waals surface area (Å²) in [4.78, 5) is 14.8. The Morgan fingerprint density at radius 1 is 1.17 bits per heavy atom. The van der Waals surface area contributed by atoms with Crippen LogP contribution >= 0.6 is 0 Å². The Labute approximate surface area is 167 Å². The van der Waals surface area contributed by atoms with Crippen LogP contribution in [0.25, 0.3) is 0 Å². The zero-order chi connectivity index (χ0) is 20.8. The van der Waals surface area contributed by atoms with Crippen LogP contribution in [0.5, 0.6) is 0 Å². The summed E-state index contributed by atoms with van der Waals surface area (Å²) in [6.07, 6.45) is -2.70. The monoisotopic (exact) mass is 406 g/mol. The highest BCUT2D eigenvalue weighted by molar-refractivity contribution is 5.93. The molecule has 8 heteroatoms. The standard InChI is InChI=1S/C21H25F3N4O/c1-13-8-9-14(2)27(12-13)20(29)17-11-19-25-16(15-6-4-3-5-7-15)10-18(21(22,23)24)28(19)26-17/h3-7,11,13-14,16,18,25H,8-10,12H2,1-2H3/t13-,14-,16+,18-/m0/s1. The van der Waals surface area contributed by atoms with Crippen LogP contribution in [0.1, 0.15) is 61.2 Å². The first-order valence-corrected chi connectivity index (χ1v) is 10.0. The van der Waals surface area contributed by atoms with Crippen LogP contribution in [-0.4, -0.2) is 39.4 Å². The zero-order valence-corrected chi connectivity index (χ0v) is 16.5. The second-order valence-corrected chi connectivity index (χ2v) is 8.25. The fourth-order valence-corrected chi connectivity index (χ4v) is 4.30. The van der Waals surface area contributed by atoms with Crippen molar-refractivity contribution in [1.29, 1.82) is 0 Å². The molecule has 1 aromatic carbocycles. The van der Waals surface area contributed by atoms with Gasteiger partial charge in [0.2, 0.25) is 0 Å². The highest BCUT2D eigenvalue weighted by Crippen LogP contribution is 2.43. The van der Waals surface area contributed by atoms with Gasteiger partial charge in [-0.05, 0) is 31.2 Å². The molecule has 156 valence electrons. The number of rotatable bonds is 2. The minimum atomic E-state index is -4.46. The lowest BCUT2D eigenvalue weighted by Gasteiger charge is -2.36. The maximum Gasteiger partial charge on any atom is 0.410 e. The molecule has 5 nitrogen and oxygen atoms in total. The van der Waals surface area contributed by atoms with E-state index in [1.165, 1.54) is 6.07 Å². The quantitative estimate of drug-likeness (QED) is 0.779. The molecule has 0 radical (unpaired) electrons. The number of piperidine rings is 1. The number of fused-ring (bicyclic) bond motifs is 1. The van der Waals surface area contributed by atoms with Crippen LogP contribution in [0.4, 0.5) is 19.0 Å². The molecule has 0 unspecified atom stereocenters. The van der Waals surface area contributed by atoms with Crippen LogP contribution in [0.2, 0.25) is 0 Å². The lowest BCUT2D eigenvalue weighted by Crippen LogP contribution is -2.45. The van der Waals surface area contributed by atoms with Crippen LogP contribution < -0.4 is 5.32 Å². The van der Waals surface area contributed by atoms with Crippen molar-refractivity contribution in [1.82, 2.24) is 14.7 Å². The first kappa shape index (κ1) is 19.8. The third-order valence-electron chi connectivity index (χ3n) is 5.99. The van der Waals surface area contributed by atoms with Gasteiger partial charge in [0.25, 0.3) is 5.91 Å². The second kappa shape index (κ2) is 7.39. The highest BCUT2D eigenvalue weighted by Gasteiger charge is 2.47. The van der Waals surface area contributed by atoms with Gasteiger partial charge in [-0.25, -0.2) is 4.68 Å². The fourth-order valence-electron chi connectivity index (χ4n) is 4.30. The molecule has 2 aliphatic rings. The number of hydrogen-bond donors (Lipinski definition) is 1. The summed E-state index contributed by atoms with van der Waals surface area (Å²) in [5.41, 5.74) is 0.844. The van der Waals surface area contributed by atoms with Crippen molar-refractivity contribution < 1.29 is 18.0 Å². The molecule has 1 amide bonds. The predicted octanol–water partition coefficient (Wildman–Crippen LogP) is 4.80. The van der Waals surface area contributed by atoms with Gasteiger partial charge in [-0.3, -0.25) is 4.79 Å². The number of carbonyl (C=O) groups is 1. The number of halogens is 3. The van der Waals surface area contributed by atoms with E-state index in [4.69, 9.17) is 0 Å². The summed E-state index contributed by atoms with van der Waals surface area (Å²) in [5, 5.41) is 7.25. The number of nitrogens with zero attached hydrogens (tertiary/aromatic N) is 3. The van der Waals surface area contributed by atoms with Crippen molar-refractivity contribution in [2.45, 2.75) is 57.4 Å². The van der Waals surface area contributed by atoms with Gasteiger partial charge in [-0.15, -0.1) is 0 Å². The normalized spacial score (nSPS) is 27.3. The summed E-state index contributed by atoms with van der Waals surface area (Å²) in [5.74, 6) is 0.300. The van der Waals surface area contributed by atoms with E-state index < -0.39 is 18.3 Å². The molecule has 0 saturated carbocycles. The number of likely N-dealkylation sites (tertiary alicyclic amines) is 1. The Morgan fingerprint density at radius 3 is 2.59 bits per heavy atom. The van der Waals surface area contributed by atoms with E-state index in [-0.39, 0.29) is 29.9 Å². The summed E-state index contributed by atoms with van der Waals surface area (Å²) < 4.78 is 42.3. The van der Waals surface area contributed by atoms with Gasteiger partial charge in [0.1, 0.15) is 5.82 Å². The molecule has 4 atom stereocenters. The molecular formula is C21H25F3N4O. The van der Waals surface area contributed by atoms with E-state index in [0.717, 1.165) is 23.1 Å². The summed E-state index contributed by atoms with van der Waals surface area (Å²) in [6.45, 7) is 4.66. The van der Waals surface area contributed by atoms with Crippen molar-refractivity contribution >= 4 is 11.7 Å². The Morgan fingerprint density at radius 2 is 1.90 bits per heavy atom. The minimum Gasteiger partial charge on any atom is -0.363 e. The van der Waals surface area contributed by atoms with Crippen molar-refractivity contribution in [3.63, 3.8) is 0 Å². The van der Waals surface area contributed by atoms with Crippen LogP contribution in [-0.2, 0) is 0 Å². The smallest absolute Gasteiger partial charge is 0.363 e. The van der Waals surface area contributed by atoms with Gasteiger partial charge in [0, 0.05) is 25.1 Å². The van der Waals surface area contributed by atoms with Crippen molar-refractivity contribution in [3.05, 3.63) is 47.7 Å². The Hall–Kier alpha value is -2.51. The Bertz CT molecular complexity index is 880. The number of anilines is 1. The number of aromatic nitrogens is 2. The summed E-state index contributed by atoms with van der Waals surface area (Å²) >= 11 is 0. The zero-order valence-electron chi connectivity index (χ0n) is 16.5. The van der Waals surface area contributed by atoms with E-state index in [1.54, 1.807) is 29.2 Å². The maximum atomic E-state index is 13.8. The predicted molar refractivity (Wildman–Crippen MR) is 104 cm³/mol. The molecule has 4 rings (SSSR count). The first-order chi connectivity index (χ1) is 13.7. The number of benzene rings is 1. The molecule has 29 heavy (non-hydrogen) atoms. The van der Waals surface area contributed by atoms with E-state index in [9.17, 15) is 18.0 Å². The molecule has 0 spiro atoms. The molecule has 2 aromatic rings. The van der Waals surface area contributed by atoms with Gasteiger partial charge in [-0.2, -0.15) is 18.3 Å². The number of carbonyl (C=O) groups excluding carboxylic acids is 1. The molecule has 0 bridgehead atoms. The van der Waals surface area contributed by atoms with E-state index in [0.29, 0.717) is 12.5 Å². The van der Waals surface area contributed by atoms with Gasteiger partial charge in [-0.1, -0.05) is 37.3 Å². The van der Waals surface area contributed by atoms with E-state index >= 15 is 0 Å². The van der Waals surface area contributed by atoms with Gasteiger partial charge in [0.15, 0.2) is 11.7 Å². The lowest BCUT2D eigenvalue weighted by atomic mass is 9.95. The van der Waals surface area contributed by atoms with E-state index in [2.05, 4.69) is 17.3 Å². The fraction of sp³-hybridized carbons (Fsp3) is 0.524. The van der Waals surface area contributed by atoms with Crippen molar-refractivity contribution in [3.8, 4) is 0 Å². The van der Waals surface area contributed by atoms with Crippen molar-refractivity contribution in [2.24, 2.45) is 5.92 Å². The molecule has 3 heterocycles. The molecule has 1 aromatic heterocycles. The number of alkyl halides is 3. The molecular weight excluding hydrogens is 381 g/mol. The average Bonchev–Trinajstić information content (AvgIpc) is 3.12. The van der Waals surface area contributed by atoms with Crippen LogP contribution in [0.15, 0.2) is 36.4 Å². The Balaban J connectivity index is 1.66. The molecule has 1 fully saturated rings. The first-order valence-electron chi connectivity index (χ1n) is 10.0. The number of hydrogen-bond acceptors (Lipinski definition) is 3. The second-order valence-electron chi connectivity index (χ2n) is 8.25. The highest BCUT2D eigenvalue weighted by atomic mass is 19.4. The largest absolute Gasteiger partial charge is 0.410 e. The Kier molecular flexibility index (Phi) is 5.04. The third-order valence-corrected chi connectivity index (χ3v) is 5.99. The molecule has 0 aliphatic carbocycles. The van der Waals surface area contributed by atoms with Gasteiger partial charge < -0.3 is 10.2 Å². The average molecular weight is 406 g/mol. The summed E-state index contributed by atoms with van der Waals surface area (Å²) in [6, 6.07) is 8.30. The van der Waals surface area contributed by atoms with E-state index in [1.807, 2.05) is 13.0 Å². The minimum absolute atomic E-state index is 0.0564. The third kappa shape index (κ3) is 3.84. The van der Waals surface area contributed by atoms with Crippen LogP contribution in [0, 0.1) is 5.92 Å². The van der Waals surface area contributed by atoms with Crippen molar-refractivity contribution in [2.75, 3.05) is 11.9 Å². The number of amides is 1. The maximum absolute atomic E-state index is 13.8. The molecule has 1 saturated heterocycles. The van der Waals surface area contributed by atoms with Crippen LogP contribution in [0.3, 0.4) is 0 Å². The summed E-state index contributed by atoms with van der Waals surface area (Å²) in [7, 11) is 0. The van der Waals surface area contributed by atoms with Gasteiger partial charge >= 0.3 is 6.18 Å². The lowest BCUT2D eigenvalue weighted by molar-refractivity contribution is -0.173.